The Kier molecular flexibility index (Phi) is 2.37. The van der Waals surface area contributed by atoms with Crippen LogP contribution in [0.2, 0.25) is 0 Å². The third-order valence-electron chi connectivity index (χ3n) is 3.71. The van der Waals surface area contributed by atoms with Crippen molar-refractivity contribution >= 4 is 0 Å². The van der Waals surface area contributed by atoms with Crippen molar-refractivity contribution in [1.82, 2.24) is 0 Å². The summed E-state index contributed by atoms with van der Waals surface area (Å²) in [5.74, 6) is 1.85. The summed E-state index contributed by atoms with van der Waals surface area (Å²) in [5, 5.41) is 0. The van der Waals surface area contributed by atoms with E-state index in [1.165, 1.54) is 32.1 Å². The Hall–Kier alpha value is -0.0800. The quantitative estimate of drug-likeness (QED) is 0.646. The smallest absolute Gasteiger partial charge is 0.0725 e. The fraction of sp³-hybridized carbons (Fsp3) is 1.00. The van der Waals surface area contributed by atoms with Crippen LogP contribution in [0.15, 0.2) is 0 Å². The van der Waals surface area contributed by atoms with Crippen molar-refractivity contribution in [3.05, 3.63) is 0 Å². The maximum absolute atomic E-state index is 6.02. The zero-order chi connectivity index (χ0) is 8.55. The summed E-state index contributed by atoms with van der Waals surface area (Å²) >= 11 is 0. The topological polar surface area (TPSA) is 35.2 Å². The molecule has 2 aliphatic rings. The maximum Gasteiger partial charge on any atom is 0.0725 e. The Morgan fingerprint density at radius 2 is 1.83 bits per heavy atom. The number of ether oxygens (including phenoxy) is 1. The number of rotatable bonds is 1. The second kappa shape index (κ2) is 3.35. The fourth-order valence-corrected chi connectivity index (χ4v) is 2.98. The molecule has 0 aromatic rings. The van der Waals surface area contributed by atoms with Crippen molar-refractivity contribution in [2.24, 2.45) is 17.6 Å². The van der Waals surface area contributed by atoms with Gasteiger partial charge in [0.25, 0.3) is 0 Å². The van der Waals surface area contributed by atoms with Gasteiger partial charge < -0.3 is 10.5 Å². The summed E-state index contributed by atoms with van der Waals surface area (Å²) in [6.07, 6.45) is 6.99. The van der Waals surface area contributed by atoms with Crippen LogP contribution < -0.4 is 5.73 Å². The van der Waals surface area contributed by atoms with E-state index in [4.69, 9.17) is 10.5 Å². The number of nitrogens with two attached hydrogens (primary N) is 1. The second-order valence-corrected chi connectivity index (χ2v) is 4.36. The normalized spacial score (nSPS) is 47.5. The Labute approximate surface area is 74.5 Å². The molecular formula is C10H19NO. The number of hydrogen-bond donors (Lipinski definition) is 1. The molecular weight excluding hydrogens is 150 g/mol. The first kappa shape index (κ1) is 8.52. The minimum atomic E-state index is 0.300. The first-order valence-electron chi connectivity index (χ1n) is 5.09. The van der Waals surface area contributed by atoms with Gasteiger partial charge in [0, 0.05) is 13.2 Å². The molecule has 2 nitrogen and oxygen atoms in total. The highest BCUT2D eigenvalue weighted by molar-refractivity contribution is 4.91. The zero-order valence-electron chi connectivity index (χ0n) is 7.83. The van der Waals surface area contributed by atoms with E-state index in [2.05, 4.69) is 0 Å². The van der Waals surface area contributed by atoms with Gasteiger partial charge in [-0.05, 0) is 24.7 Å². The molecule has 4 atom stereocenters. The lowest BCUT2D eigenvalue weighted by atomic mass is 9.78. The third kappa shape index (κ3) is 1.38. The molecule has 2 N–H and O–H groups in total. The SMILES string of the molecule is COC1CC2CCCC2C[C@@H]1N. The highest BCUT2D eigenvalue weighted by Gasteiger charge is 2.37. The average Bonchev–Trinajstić information content (AvgIpc) is 2.49. The van der Waals surface area contributed by atoms with Crippen molar-refractivity contribution in [2.45, 2.75) is 44.2 Å². The molecule has 3 unspecified atom stereocenters. The lowest BCUT2D eigenvalue weighted by Crippen LogP contribution is -2.44. The average molecular weight is 169 g/mol. The van der Waals surface area contributed by atoms with E-state index in [1.54, 1.807) is 7.11 Å². The summed E-state index contributed by atoms with van der Waals surface area (Å²) < 4.78 is 5.39. The molecule has 0 heterocycles. The molecule has 70 valence electrons. The lowest BCUT2D eigenvalue weighted by molar-refractivity contribution is 0.0204. The van der Waals surface area contributed by atoms with Gasteiger partial charge in [0.1, 0.15) is 0 Å². The van der Waals surface area contributed by atoms with Crippen LogP contribution in [0.5, 0.6) is 0 Å². The van der Waals surface area contributed by atoms with E-state index in [9.17, 15) is 0 Å². The van der Waals surface area contributed by atoms with Gasteiger partial charge in [-0.2, -0.15) is 0 Å². The van der Waals surface area contributed by atoms with Crippen LogP contribution in [-0.4, -0.2) is 19.3 Å². The summed E-state index contributed by atoms with van der Waals surface area (Å²) in [4.78, 5) is 0. The van der Waals surface area contributed by atoms with Crippen LogP contribution in [0, 0.1) is 11.8 Å². The van der Waals surface area contributed by atoms with Crippen LogP contribution >= 0.6 is 0 Å². The predicted molar refractivity (Wildman–Crippen MR) is 48.8 cm³/mol. The molecule has 0 aromatic heterocycles. The molecule has 0 spiro atoms. The van der Waals surface area contributed by atoms with E-state index < -0.39 is 0 Å². The Balaban J connectivity index is 1.98. The summed E-state index contributed by atoms with van der Waals surface area (Å²) in [7, 11) is 1.79. The molecule has 0 radical (unpaired) electrons. The van der Waals surface area contributed by atoms with Gasteiger partial charge in [-0.25, -0.2) is 0 Å². The maximum atomic E-state index is 6.02. The molecule has 2 fully saturated rings. The largest absolute Gasteiger partial charge is 0.380 e. The fourth-order valence-electron chi connectivity index (χ4n) is 2.98. The van der Waals surface area contributed by atoms with Crippen molar-refractivity contribution in [3.8, 4) is 0 Å². The van der Waals surface area contributed by atoms with Crippen LogP contribution in [0.1, 0.15) is 32.1 Å². The van der Waals surface area contributed by atoms with E-state index in [0.29, 0.717) is 12.1 Å². The first-order chi connectivity index (χ1) is 5.81. The Morgan fingerprint density at radius 3 is 2.50 bits per heavy atom. The van der Waals surface area contributed by atoms with Gasteiger partial charge in [0.05, 0.1) is 6.10 Å². The van der Waals surface area contributed by atoms with Crippen molar-refractivity contribution in [2.75, 3.05) is 7.11 Å². The second-order valence-electron chi connectivity index (χ2n) is 4.36. The molecule has 0 aliphatic heterocycles. The third-order valence-corrected chi connectivity index (χ3v) is 3.71. The van der Waals surface area contributed by atoms with E-state index in [1.807, 2.05) is 0 Å². The number of fused-ring (bicyclic) bond motifs is 1. The summed E-state index contributed by atoms with van der Waals surface area (Å²) in [5.41, 5.74) is 6.02. The summed E-state index contributed by atoms with van der Waals surface area (Å²) in [6, 6.07) is 0.300. The van der Waals surface area contributed by atoms with Crippen molar-refractivity contribution < 1.29 is 4.74 Å². The Bertz CT molecular complexity index is 160. The molecule has 12 heavy (non-hydrogen) atoms. The number of methoxy groups -OCH3 is 1. The predicted octanol–water partition coefficient (Wildman–Crippen LogP) is 1.54. The highest BCUT2D eigenvalue weighted by atomic mass is 16.5. The van der Waals surface area contributed by atoms with Gasteiger partial charge >= 0.3 is 0 Å². The summed E-state index contributed by atoms with van der Waals surface area (Å²) in [6.45, 7) is 0. The van der Waals surface area contributed by atoms with Crippen LogP contribution in [0.25, 0.3) is 0 Å². The van der Waals surface area contributed by atoms with E-state index >= 15 is 0 Å². The van der Waals surface area contributed by atoms with Gasteiger partial charge in [-0.1, -0.05) is 19.3 Å². The van der Waals surface area contributed by atoms with Gasteiger partial charge in [0.15, 0.2) is 0 Å². The highest BCUT2D eigenvalue weighted by Crippen LogP contribution is 2.42. The monoisotopic (exact) mass is 169 g/mol. The first-order valence-corrected chi connectivity index (χ1v) is 5.09. The van der Waals surface area contributed by atoms with Gasteiger partial charge in [-0.15, -0.1) is 0 Å². The molecule has 2 aliphatic carbocycles. The minimum Gasteiger partial charge on any atom is -0.380 e. The standard InChI is InChI=1S/C10H19NO/c1-12-10-6-8-4-2-3-7(8)5-9(10)11/h7-10H,2-6,11H2,1H3/t7?,8?,9-,10?/m0/s1. The lowest BCUT2D eigenvalue weighted by Gasteiger charge is -2.35. The molecule has 0 amide bonds. The minimum absolute atomic E-state index is 0.300. The molecule has 0 bridgehead atoms. The molecule has 0 saturated heterocycles. The van der Waals surface area contributed by atoms with Gasteiger partial charge in [-0.3, -0.25) is 0 Å². The van der Waals surface area contributed by atoms with Crippen molar-refractivity contribution in [1.29, 1.82) is 0 Å². The Morgan fingerprint density at radius 1 is 1.17 bits per heavy atom. The van der Waals surface area contributed by atoms with Crippen LogP contribution in [0.3, 0.4) is 0 Å². The van der Waals surface area contributed by atoms with E-state index in [-0.39, 0.29) is 0 Å². The van der Waals surface area contributed by atoms with Crippen LogP contribution in [0.4, 0.5) is 0 Å². The molecule has 2 heteroatoms. The molecule has 2 saturated carbocycles. The molecule has 2 rings (SSSR count). The van der Waals surface area contributed by atoms with Crippen molar-refractivity contribution in [3.63, 3.8) is 0 Å². The molecule has 0 aromatic carbocycles. The van der Waals surface area contributed by atoms with Gasteiger partial charge in [0.2, 0.25) is 0 Å². The zero-order valence-corrected chi connectivity index (χ0v) is 7.83. The van der Waals surface area contributed by atoms with E-state index in [0.717, 1.165) is 11.8 Å². The number of hydrogen-bond acceptors (Lipinski definition) is 2. The van der Waals surface area contributed by atoms with Crippen LogP contribution in [-0.2, 0) is 4.74 Å².